The first-order valence-electron chi connectivity index (χ1n) is 5.71. The van der Waals surface area contributed by atoms with E-state index in [1.165, 1.54) is 0 Å². The minimum atomic E-state index is -0.960. The second-order valence-corrected chi connectivity index (χ2v) is 5.29. The third-order valence-electron chi connectivity index (χ3n) is 2.59. The van der Waals surface area contributed by atoms with E-state index in [4.69, 9.17) is 5.11 Å². The van der Waals surface area contributed by atoms with Gasteiger partial charge in [0.15, 0.2) is 0 Å². The van der Waals surface area contributed by atoms with Crippen molar-refractivity contribution in [2.45, 2.75) is 38.6 Å². The van der Waals surface area contributed by atoms with Gasteiger partial charge in [-0.1, -0.05) is 20.8 Å². The number of aliphatic carboxylic acids is 1. The van der Waals surface area contributed by atoms with Crippen LogP contribution in [0, 0.1) is 0 Å². The number of aryl methyl sites for hydroxylation is 1. The molecule has 1 unspecified atom stereocenters. The lowest BCUT2D eigenvalue weighted by atomic mass is 9.87. The van der Waals surface area contributed by atoms with Gasteiger partial charge in [-0.2, -0.15) is 5.10 Å². The number of nitrogens with zero attached hydrogens (tertiary/aromatic N) is 2. The van der Waals surface area contributed by atoms with Crippen LogP contribution in [0.15, 0.2) is 6.20 Å². The van der Waals surface area contributed by atoms with E-state index in [2.05, 4.69) is 10.4 Å². The van der Waals surface area contributed by atoms with Crippen molar-refractivity contribution in [2.24, 2.45) is 7.05 Å². The zero-order valence-electron chi connectivity index (χ0n) is 11.1. The van der Waals surface area contributed by atoms with Crippen LogP contribution in [0.3, 0.4) is 0 Å². The summed E-state index contributed by atoms with van der Waals surface area (Å²) in [5.74, 6) is -0.960. The summed E-state index contributed by atoms with van der Waals surface area (Å²) in [6.07, 6.45) is 2.12. The molecule has 2 N–H and O–H groups in total. The molecular weight excluding hydrogens is 234 g/mol. The molecule has 1 heterocycles. The molecule has 0 saturated carbocycles. The third kappa shape index (κ3) is 3.32. The van der Waals surface area contributed by atoms with Gasteiger partial charge in [-0.15, -0.1) is 0 Å². The van der Waals surface area contributed by atoms with Crippen molar-refractivity contribution in [3.8, 4) is 0 Å². The van der Waals surface area contributed by atoms with Gasteiger partial charge in [0.2, 0.25) is 6.41 Å². The molecule has 0 spiro atoms. The van der Waals surface area contributed by atoms with E-state index < -0.39 is 12.0 Å². The molecular formula is C12H19N3O3. The largest absolute Gasteiger partial charge is 0.481 e. The highest BCUT2D eigenvalue weighted by atomic mass is 16.4. The van der Waals surface area contributed by atoms with E-state index in [1.807, 2.05) is 20.8 Å². The summed E-state index contributed by atoms with van der Waals surface area (Å²) in [5, 5.41) is 15.8. The van der Waals surface area contributed by atoms with Gasteiger partial charge in [0.1, 0.15) is 0 Å². The van der Waals surface area contributed by atoms with Crippen molar-refractivity contribution in [1.29, 1.82) is 0 Å². The van der Waals surface area contributed by atoms with Crippen LogP contribution in [0.4, 0.5) is 0 Å². The molecule has 0 radical (unpaired) electrons. The first-order chi connectivity index (χ1) is 8.25. The fourth-order valence-corrected chi connectivity index (χ4v) is 1.86. The smallest absolute Gasteiger partial charge is 0.305 e. The minimum Gasteiger partial charge on any atom is -0.481 e. The van der Waals surface area contributed by atoms with Gasteiger partial charge < -0.3 is 10.4 Å². The molecule has 0 aromatic carbocycles. The van der Waals surface area contributed by atoms with Crippen LogP contribution >= 0.6 is 0 Å². The van der Waals surface area contributed by atoms with Crippen molar-refractivity contribution in [3.63, 3.8) is 0 Å². The van der Waals surface area contributed by atoms with Gasteiger partial charge in [-0.05, 0) is 0 Å². The SMILES string of the molecule is Cn1cc(C(CC(=O)O)NC=O)c(C(C)(C)C)n1. The number of rotatable bonds is 5. The predicted octanol–water partition coefficient (Wildman–Crippen LogP) is 0.979. The number of hydrogen-bond donors (Lipinski definition) is 2. The van der Waals surface area contributed by atoms with Crippen molar-refractivity contribution in [1.82, 2.24) is 15.1 Å². The summed E-state index contributed by atoms with van der Waals surface area (Å²) in [6, 6.07) is -0.553. The molecule has 0 aliphatic heterocycles. The number of carboxylic acids is 1. The average molecular weight is 253 g/mol. The monoisotopic (exact) mass is 253 g/mol. The third-order valence-corrected chi connectivity index (χ3v) is 2.59. The summed E-state index contributed by atoms with van der Waals surface area (Å²) in [6.45, 7) is 5.99. The quantitative estimate of drug-likeness (QED) is 0.766. The number of aromatic nitrogens is 2. The molecule has 100 valence electrons. The van der Waals surface area contributed by atoms with Crippen LogP contribution in [0.2, 0.25) is 0 Å². The molecule has 1 aromatic heterocycles. The number of nitrogens with one attached hydrogen (secondary N) is 1. The molecule has 1 atom stereocenters. The Kier molecular flexibility index (Phi) is 4.11. The molecule has 0 bridgehead atoms. The summed E-state index contributed by atoms with van der Waals surface area (Å²) < 4.78 is 1.64. The van der Waals surface area contributed by atoms with Crippen LogP contribution in [-0.2, 0) is 22.1 Å². The molecule has 6 heteroatoms. The van der Waals surface area contributed by atoms with Crippen LogP contribution in [0.25, 0.3) is 0 Å². The standard InChI is InChI=1S/C12H19N3O3/c1-12(2,3)11-8(6-15(4)14-11)9(13-7-16)5-10(17)18/h6-7,9H,5H2,1-4H3,(H,13,16)(H,17,18). The second kappa shape index (κ2) is 5.20. The number of carbonyl (C=O) groups is 2. The predicted molar refractivity (Wildman–Crippen MR) is 66.1 cm³/mol. The van der Waals surface area contributed by atoms with Crippen molar-refractivity contribution in [2.75, 3.05) is 0 Å². The fraction of sp³-hybridized carbons (Fsp3) is 0.583. The van der Waals surface area contributed by atoms with E-state index in [0.29, 0.717) is 6.41 Å². The molecule has 0 aliphatic carbocycles. The Morgan fingerprint density at radius 3 is 2.67 bits per heavy atom. The maximum absolute atomic E-state index is 10.8. The highest BCUT2D eigenvalue weighted by Crippen LogP contribution is 2.29. The summed E-state index contributed by atoms with van der Waals surface area (Å²) in [7, 11) is 1.78. The normalized spacial score (nSPS) is 13.1. The average Bonchev–Trinajstić information content (AvgIpc) is 2.58. The van der Waals surface area contributed by atoms with Crippen LogP contribution in [0.1, 0.15) is 44.5 Å². The Labute approximate surface area is 106 Å². The van der Waals surface area contributed by atoms with Crippen molar-refractivity contribution < 1.29 is 14.7 Å². The molecule has 0 saturated heterocycles. The number of hydrogen-bond acceptors (Lipinski definition) is 3. The minimum absolute atomic E-state index is 0.159. The lowest BCUT2D eigenvalue weighted by Gasteiger charge is -2.21. The Morgan fingerprint density at radius 2 is 2.22 bits per heavy atom. The van der Waals surface area contributed by atoms with E-state index in [1.54, 1.807) is 17.9 Å². The van der Waals surface area contributed by atoms with Crippen molar-refractivity contribution >= 4 is 12.4 Å². The number of carbonyl (C=O) groups excluding carboxylic acids is 1. The first-order valence-corrected chi connectivity index (χ1v) is 5.71. The maximum Gasteiger partial charge on any atom is 0.305 e. The first kappa shape index (κ1) is 14.2. The lowest BCUT2D eigenvalue weighted by molar-refractivity contribution is -0.137. The highest BCUT2D eigenvalue weighted by molar-refractivity contribution is 5.68. The van der Waals surface area contributed by atoms with Crippen LogP contribution in [0.5, 0.6) is 0 Å². The topological polar surface area (TPSA) is 84.2 Å². The van der Waals surface area contributed by atoms with Crippen LogP contribution < -0.4 is 5.32 Å². The van der Waals surface area contributed by atoms with E-state index in [-0.39, 0.29) is 11.8 Å². The molecule has 0 fully saturated rings. The Bertz CT molecular complexity index is 446. The number of carboxylic acid groups (broad SMARTS) is 1. The van der Waals surface area contributed by atoms with E-state index >= 15 is 0 Å². The zero-order chi connectivity index (χ0) is 13.9. The van der Waals surface area contributed by atoms with Gasteiger partial charge in [0.25, 0.3) is 0 Å². The van der Waals surface area contributed by atoms with E-state index in [9.17, 15) is 9.59 Å². The lowest BCUT2D eigenvalue weighted by Crippen LogP contribution is -2.25. The maximum atomic E-state index is 10.8. The molecule has 6 nitrogen and oxygen atoms in total. The summed E-state index contributed by atoms with van der Waals surface area (Å²) >= 11 is 0. The Hall–Kier alpha value is -1.85. The Balaban J connectivity index is 3.18. The molecule has 1 aromatic rings. The number of amides is 1. The summed E-state index contributed by atoms with van der Waals surface area (Å²) in [5.41, 5.74) is 1.34. The van der Waals surface area contributed by atoms with Gasteiger partial charge in [-0.3, -0.25) is 14.3 Å². The molecule has 1 rings (SSSR count). The van der Waals surface area contributed by atoms with Gasteiger partial charge in [0, 0.05) is 24.2 Å². The second-order valence-electron chi connectivity index (χ2n) is 5.29. The Morgan fingerprint density at radius 1 is 1.61 bits per heavy atom. The molecule has 18 heavy (non-hydrogen) atoms. The fourth-order valence-electron chi connectivity index (χ4n) is 1.86. The van der Waals surface area contributed by atoms with Crippen molar-refractivity contribution in [3.05, 3.63) is 17.5 Å². The van der Waals surface area contributed by atoms with Gasteiger partial charge in [-0.25, -0.2) is 0 Å². The van der Waals surface area contributed by atoms with Gasteiger partial charge in [0.05, 0.1) is 18.2 Å². The molecule has 1 amide bonds. The summed E-state index contributed by atoms with van der Waals surface area (Å²) in [4.78, 5) is 21.4. The van der Waals surface area contributed by atoms with E-state index in [0.717, 1.165) is 11.3 Å². The zero-order valence-corrected chi connectivity index (χ0v) is 11.1. The highest BCUT2D eigenvalue weighted by Gasteiger charge is 2.27. The van der Waals surface area contributed by atoms with Gasteiger partial charge >= 0.3 is 5.97 Å². The molecule has 0 aliphatic rings. The van der Waals surface area contributed by atoms with Crippen LogP contribution in [-0.4, -0.2) is 27.3 Å².